The van der Waals surface area contributed by atoms with Gasteiger partial charge in [0.2, 0.25) is 0 Å². The van der Waals surface area contributed by atoms with Crippen molar-refractivity contribution in [3.05, 3.63) is 52.5 Å². The number of halogens is 1. The molecule has 0 heterocycles. The fourth-order valence-corrected chi connectivity index (χ4v) is 1.79. The maximum atomic E-state index is 12.0. The first kappa shape index (κ1) is 13.2. The van der Waals surface area contributed by atoms with Crippen molar-refractivity contribution in [1.29, 1.82) is 0 Å². The zero-order chi connectivity index (χ0) is 14.0. The van der Waals surface area contributed by atoms with Gasteiger partial charge in [-0.25, -0.2) is 0 Å². The SMILES string of the molecule is Cc1ccc(NC(=O)c2cc(O)ccc2N)cc1Cl. The van der Waals surface area contributed by atoms with Gasteiger partial charge in [0.05, 0.1) is 5.56 Å². The molecule has 4 nitrogen and oxygen atoms in total. The van der Waals surface area contributed by atoms with Crippen LogP contribution in [0.15, 0.2) is 36.4 Å². The number of phenols is 1. The van der Waals surface area contributed by atoms with Gasteiger partial charge < -0.3 is 16.2 Å². The summed E-state index contributed by atoms with van der Waals surface area (Å²) in [4.78, 5) is 12.0. The molecule has 0 saturated heterocycles. The van der Waals surface area contributed by atoms with Crippen LogP contribution in [0.25, 0.3) is 0 Å². The highest BCUT2D eigenvalue weighted by Crippen LogP contribution is 2.23. The third-order valence-corrected chi connectivity index (χ3v) is 3.12. The van der Waals surface area contributed by atoms with Gasteiger partial charge in [0, 0.05) is 16.4 Å². The van der Waals surface area contributed by atoms with Crippen molar-refractivity contribution in [2.45, 2.75) is 6.92 Å². The zero-order valence-corrected chi connectivity index (χ0v) is 11.0. The van der Waals surface area contributed by atoms with Crippen LogP contribution >= 0.6 is 11.6 Å². The summed E-state index contributed by atoms with van der Waals surface area (Å²) in [5.41, 5.74) is 7.72. The molecule has 0 saturated carbocycles. The van der Waals surface area contributed by atoms with Gasteiger partial charge in [-0.05, 0) is 42.8 Å². The quantitative estimate of drug-likeness (QED) is 0.582. The van der Waals surface area contributed by atoms with E-state index in [-0.39, 0.29) is 11.3 Å². The van der Waals surface area contributed by atoms with E-state index in [9.17, 15) is 9.90 Å². The fraction of sp³-hybridized carbons (Fsp3) is 0.0714. The van der Waals surface area contributed by atoms with E-state index in [1.807, 2.05) is 13.0 Å². The van der Waals surface area contributed by atoms with E-state index in [4.69, 9.17) is 17.3 Å². The minimum Gasteiger partial charge on any atom is -0.508 e. The smallest absolute Gasteiger partial charge is 0.257 e. The second-order valence-electron chi connectivity index (χ2n) is 4.19. The largest absolute Gasteiger partial charge is 0.508 e. The number of rotatable bonds is 2. The topological polar surface area (TPSA) is 75.3 Å². The van der Waals surface area contributed by atoms with Crippen LogP contribution in [0.3, 0.4) is 0 Å². The summed E-state index contributed by atoms with van der Waals surface area (Å²) in [6.07, 6.45) is 0. The number of aromatic hydroxyl groups is 1. The van der Waals surface area contributed by atoms with E-state index in [1.165, 1.54) is 18.2 Å². The summed E-state index contributed by atoms with van der Waals surface area (Å²) in [6, 6.07) is 9.44. The number of amides is 1. The maximum absolute atomic E-state index is 12.0. The van der Waals surface area contributed by atoms with Crippen LogP contribution in [-0.4, -0.2) is 11.0 Å². The third kappa shape index (κ3) is 2.98. The van der Waals surface area contributed by atoms with Crippen molar-refractivity contribution in [2.75, 3.05) is 11.1 Å². The number of phenolic OH excluding ortho intramolecular Hbond substituents is 1. The van der Waals surface area contributed by atoms with Crippen LogP contribution in [0, 0.1) is 6.92 Å². The van der Waals surface area contributed by atoms with E-state index < -0.39 is 5.91 Å². The van der Waals surface area contributed by atoms with Crippen LogP contribution in [0.2, 0.25) is 5.02 Å². The standard InChI is InChI=1S/C14H13ClN2O2/c1-8-2-3-9(6-12(8)15)17-14(19)11-7-10(18)4-5-13(11)16/h2-7,18H,16H2,1H3,(H,17,19). The maximum Gasteiger partial charge on any atom is 0.257 e. The Morgan fingerprint density at radius 1 is 1.26 bits per heavy atom. The highest BCUT2D eigenvalue weighted by Gasteiger charge is 2.11. The first-order chi connectivity index (χ1) is 8.97. The average molecular weight is 277 g/mol. The van der Waals surface area contributed by atoms with Crippen molar-refractivity contribution < 1.29 is 9.90 Å². The van der Waals surface area contributed by atoms with E-state index in [0.29, 0.717) is 16.4 Å². The number of nitrogens with one attached hydrogen (secondary N) is 1. The Hall–Kier alpha value is -2.20. The van der Waals surface area contributed by atoms with Crippen LogP contribution in [0.5, 0.6) is 5.75 Å². The number of carbonyl (C=O) groups excluding carboxylic acids is 1. The lowest BCUT2D eigenvalue weighted by atomic mass is 10.1. The van der Waals surface area contributed by atoms with Crippen molar-refractivity contribution in [3.8, 4) is 5.75 Å². The minimum atomic E-state index is -0.395. The number of aryl methyl sites for hydroxylation is 1. The zero-order valence-electron chi connectivity index (χ0n) is 10.3. The molecule has 0 aromatic heterocycles. The first-order valence-corrected chi connectivity index (χ1v) is 6.01. The molecule has 98 valence electrons. The molecule has 0 fully saturated rings. The molecule has 0 aliphatic heterocycles. The fourth-order valence-electron chi connectivity index (χ4n) is 1.61. The highest BCUT2D eigenvalue weighted by molar-refractivity contribution is 6.31. The van der Waals surface area contributed by atoms with Gasteiger partial charge in [-0.15, -0.1) is 0 Å². The molecule has 5 heteroatoms. The Kier molecular flexibility index (Phi) is 3.62. The minimum absolute atomic E-state index is 0.0127. The number of nitrogen functional groups attached to an aromatic ring is 1. The van der Waals surface area contributed by atoms with Gasteiger partial charge in [0.1, 0.15) is 5.75 Å². The summed E-state index contributed by atoms with van der Waals surface area (Å²) >= 11 is 5.98. The summed E-state index contributed by atoms with van der Waals surface area (Å²) in [5, 5.41) is 12.6. The second kappa shape index (κ2) is 5.20. The number of nitrogens with two attached hydrogens (primary N) is 1. The van der Waals surface area contributed by atoms with Gasteiger partial charge >= 0.3 is 0 Å². The van der Waals surface area contributed by atoms with E-state index in [1.54, 1.807) is 12.1 Å². The average Bonchev–Trinajstić information content (AvgIpc) is 2.36. The van der Waals surface area contributed by atoms with Crippen molar-refractivity contribution in [2.24, 2.45) is 0 Å². The molecule has 19 heavy (non-hydrogen) atoms. The second-order valence-corrected chi connectivity index (χ2v) is 4.60. The summed E-state index contributed by atoms with van der Waals surface area (Å²) in [6.45, 7) is 1.88. The van der Waals surface area contributed by atoms with Gasteiger partial charge in [-0.3, -0.25) is 4.79 Å². The molecule has 2 aromatic rings. The van der Waals surface area contributed by atoms with Gasteiger partial charge in [-0.1, -0.05) is 17.7 Å². The molecule has 0 aliphatic rings. The Balaban J connectivity index is 2.25. The number of anilines is 2. The number of carbonyl (C=O) groups is 1. The molecular formula is C14H13ClN2O2. The lowest BCUT2D eigenvalue weighted by molar-refractivity contribution is 0.102. The molecule has 0 spiro atoms. The molecule has 0 aliphatic carbocycles. The van der Waals surface area contributed by atoms with E-state index in [2.05, 4.69) is 5.32 Å². The van der Waals surface area contributed by atoms with Crippen molar-refractivity contribution in [3.63, 3.8) is 0 Å². The Bertz CT molecular complexity index is 641. The summed E-state index contributed by atoms with van der Waals surface area (Å²) < 4.78 is 0. The molecule has 0 bridgehead atoms. The summed E-state index contributed by atoms with van der Waals surface area (Å²) in [7, 11) is 0. The van der Waals surface area contributed by atoms with Crippen LogP contribution in [0.4, 0.5) is 11.4 Å². The Morgan fingerprint density at radius 3 is 2.68 bits per heavy atom. The van der Waals surface area contributed by atoms with Gasteiger partial charge in [-0.2, -0.15) is 0 Å². The molecule has 0 unspecified atom stereocenters. The first-order valence-electron chi connectivity index (χ1n) is 5.63. The predicted molar refractivity (Wildman–Crippen MR) is 76.7 cm³/mol. The van der Waals surface area contributed by atoms with Crippen LogP contribution in [-0.2, 0) is 0 Å². The normalized spacial score (nSPS) is 10.2. The molecular weight excluding hydrogens is 264 g/mol. The van der Waals surface area contributed by atoms with E-state index >= 15 is 0 Å². The van der Waals surface area contributed by atoms with Crippen molar-refractivity contribution in [1.82, 2.24) is 0 Å². The number of hydrogen-bond donors (Lipinski definition) is 3. The molecule has 0 atom stereocenters. The predicted octanol–water partition coefficient (Wildman–Crippen LogP) is 3.19. The lowest BCUT2D eigenvalue weighted by Gasteiger charge is -2.09. The van der Waals surface area contributed by atoms with Crippen molar-refractivity contribution >= 4 is 28.9 Å². The number of benzene rings is 2. The monoisotopic (exact) mass is 276 g/mol. The molecule has 0 radical (unpaired) electrons. The lowest BCUT2D eigenvalue weighted by Crippen LogP contribution is -2.13. The molecule has 2 aromatic carbocycles. The van der Waals surface area contributed by atoms with Crippen LogP contribution < -0.4 is 11.1 Å². The van der Waals surface area contributed by atoms with Gasteiger partial charge in [0.15, 0.2) is 0 Å². The molecule has 1 amide bonds. The molecule has 2 rings (SSSR count). The summed E-state index contributed by atoms with van der Waals surface area (Å²) in [5.74, 6) is -0.408. The Morgan fingerprint density at radius 2 is 2.00 bits per heavy atom. The van der Waals surface area contributed by atoms with E-state index in [0.717, 1.165) is 5.56 Å². The van der Waals surface area contributed by atoms with Crippen LogP contribution in [0.1, 0.15) is 15.9 Å². The Labute approximate surface area is 115 Å². The van der Waals surface area contributed by atoms with Gasteiger partial charge in [0.25, 0.3) is 5.91 Å². The highest BCUT2D eigenvalue weighted by atomic mass is 35.5. The third-order valence-electron chi connectivity index (χ3n) is 2.71. The molecule has 4 N–H and O–H groups in total. The number of hydrogen-bond acceptors (Lipinski definition) is 3.